The van der Waals surface area contributed by atoms with Crippen LogP contribution in [-0.2, 0) is 17.8 Å². The molecule has 28 heavy (non-hydrogen) atoms. The van der Waals surface area contributed by atoms with E-state index in [2.05, 4.69) is 0 Å². The number of ketones is 1. The molecular weight excluding hydrogens is 376 g/mol. The van der Waals surface area contributed by atoms with E-state index in [0.29, 0.717) is 40.8 Å². The molecule has 0 aliphatic carbocycles. The van der Waals surface area contributed by atoms with Crippen LogP contribution in [0.5, 0.6) is 11.5 Å². The summed E-state index contributed by atoms with van der Waals surface area (Å²) in [7, 11) is 3.20. The molecule has 1 amide bonds. The van der Waals surface area contributed by atoms with Gasteiger partial charge < -0.3 is 14.4 Å². The zero-order chi connectivity index (χ0) is 20.0. The number of Topliss-reactive ketones (excluding diaryl/α,β-unsaturated/α-hetero) is 1. The van der Waals surface area contributed by atoms with Gasteiger partial charge in [-0.3, -0.25) is 14.5 Å². The summed E-state index contributed by atoms with van der Waals surface area (Å²) >= 11 is 5.64. The highest BCUT2D eigenvalue weighted by atomic mass is 32.1. The van der Waals surface area contributed by atoms with Crippen LogP contribution in [0.25, 0.3) is 0 Å². The lowest BCUT2D eigenvalue weighted by Gasteiger charge is -2.31. The van der Waals surface area contributed by atoms with Crippen molar-refractivity contribution in [2.75, 3.05) is 19.1 Å². The van der Waals surface area contributed by atoms with Gasteiger partial charge in [-0.15, -0.1) is 0 Å². The monoisotopic (exact) mass is 396 g/mol. The van der Waals surface area contributed by atoms with E-state index in [1.807, 2.05) is 17.0 Å². The van der Waals surface area contributed by atoms with E-state index in [-0.39, 0.29) is 17.7 Å². The Balaban J connectivity index is 1.70. The minimum absolute atomic E-state index is 0.0521. The van der Waals surface area contributed by atoms with E-state index in [0.717, 1.165) is 11.1 Å². The van der Waals surface area contributed by atoms with Crippen molar-refractivity contribution >= 4 is 34.7 Å². The molecule has 7 heteroatoms. The fourth-order valence-corrected chi connectivity index (χ4v) is 4.19. The number of benzene rings is 2. The highest BCUT2D eigenvalue weighted by Crippen LogP contribution is 2.38. The smallest absolute Gasteiger partial charge is 0.256 e. The molecule has 4 rings (SSSR count). The maximum absolute atomic E-state index is 13.2. The molecule has 0 N–H and O–H groups in total. The summed E-state index contributed by atoms with van der Waals surface area (Å²) in [5.41, 5.74) is 3.28. The van der Waals surface area contributed by atoms with Crippen molar-refractivity contribution in [2.45, 2.75) is 25.9 Å². The van der Waals surface area contributed by atoms with Gasteiger partial charge in [0, 0.05) is 18.5 Å². The van der Waals surface area contributed by atoms with Crippen molar-refractivity contribution in [1.82, 2.24) is 4.90 Å². The molecule has 0 bridgehead atoms. The first-order valence-electron chi connectivity index (χ1n) is 8.94. The molecule has 2 aliphatic heterocycles. The van der Waals surface area contributed by atoms with Crippen LogP contribution in [0.3, 0.4) is 0 Å². The van der Waals surface area contributed by atoms with Gasteiger partial charge in [0.15, 0.2) is 22.4 Å². The first-order chi connectivity index (χ1) is 13.4. The molecular formula is C21H20N2O4S. The number of anilines is 1. The summed E-state index contributed by atoms with van der Waals surface area (Å²) in [6.45, 7) is 2.03. The molecule has 1 atom stereocenters. The third-order valence-electron chi connectivity index (χ3n) is 5.29. The number of rotatable bonds is 4. The van der Waals surface area contributed by atoms with E-state index >= 15 is 0 Å². The van der Waals surface area contributed by atoms with Crippen LogP contribution < -0.4 is 14.4 Å². The maximum Gasteiger partial charge on any atom is 0.256 e. The molecule has 2 aliphatic rings. The molecule has 0 aromatic heterocycles. The van der Waals surface area contributed by atoms with Gasteiger partial charge in [0.1, 0.15) is 6.04 Å². The van der Waals surface area contributed by atoms with Gasteiger partial charge in [-0.25, -0.2) is 0 Å². The van der Waals surface area contributed by atoms with Crippen molar-refractivity contribution in [3.05, 3.63) is 53.1 Å². The lowest BCUT2D eigenvalue weighted by atomic mass is 9.94. The van der Waals surface area contributed by atoms with Crippen molar-refractivity contribution in [1.29, 1.82) is 0 Å². The highest BCUT2D eigenvalue weighted by molar-refractivity contribution is 7.80. The van der Waals surface area contributed by atoms with Crippen LogP contribution >= 0.6 is 12.2 Å². The van der Waals surface area contributed by atoms with Crippen LogP contribution in [0, 0.1) is 0 Å². The van der Waals surface area contributed by atoms with E-state index in [1.165, 1.54) is 11.8 Å². The van der Waals surface area contributed by atoms with Gasteiger partial charge in [0.05, 0.1) is 19.9 Å². The average Bonchev–Trinajstić information content (AvgIpc) is 2.95. The van der Waals surface area contributed by atoms with Gasteiger partial charge in [-0.2, -0.15) is 0 Å². The second-order valence-corrected chi connectivity index (χ2v) is 7.25. The molecule has 1 fully saturated rings. The Hall–Kier alpha value is -2.93. The zero-order valence-electron chi connectivity index (χ0n) is 15.9. The van der Waals surface area contributed by atoms with Crippen molar-refractivity contribution in [2.24, 2.45) is 0 Å². The number of methoxy groups -OCH3 is 2. The highest BCUT2D eigenvalue weighted by Gasteiger charge is 2.45. The van der Waals surface area contributed by atoms with E-state index in [4.69, 9.17) is 21.7 Å². The zero-order valence-corrected chi connectivity index (χ0v) is 16.7. The largest absolute Gasteiger partial charge is 0.493 e. The molecule has 2 aromatic carbocycles. The van der Waals surface area contributed by atoms with Crippen molar-refractivity contribution in [3.8, 4) is 11.5 Å². The maximum atomic E-state index is 13.2. The number of carbonyl (C=O) groups is 2. The number of ether oxygens (including phenoxy) is 2. The van der Waals surface area contributed by atoms with Crippen LogP contribution in [0.4, 0.5) is 5.69 Å². The minimum atomic E-state index is -0.362. The number of nitrogens with zero attached hydrogens (tertiary/aromatic N) is 2. The molecule has 0 radical (unpaired) electrons. The number of hydrogen-bond donors (Lipinski definition) is 0. The minimum Gasteiger partial charge on any atom is -0.493 e. The van der Waals surface area contributed by atoms with Crippen LogP contribution in [0.1, 0.15) is 28.4 Å². The lowest BCUT2D eigenvalue weighted by molar-refractivity contribution is -0.120. The fourth-order valence-electron chi connectivity index (χ4n) is 3.81. The summed E-state index contributed by atoms with van der Waals surface area (Å²) in [6.07, 6.45) is 0.539. The van der Waals surface area contributed by atoms with Gasteiger partial charge in [-0.05, 0) is 54.5 Å². The summed E-state index contributed by atoms with van der Waals surface area (Å²) in [5, 5.41) is 0.455. The first-order valence-corrected chi connectivity index (χ1v) is 9.34. The standard InChI is InChI=1S/C21H20N2O4S/c1-12(24)13-5-4-6-16(7-13)23-20(25)17-8-14-9-18(26-2)19(27-3)10-15(14)11-22(17)21(23)28/h4-7,9-10,17H,8,11H2,1-3H3/t17-/m1/s1. The quantitative estimate of drug-likeness (QED) is 0.585. The summed E-state index contributed by atoms with van der Waals surface area (Å²) in [6, 6.07) is 10.5. The lowest BCUT2D eigenvalue weighted by Crippen LogP contribution is -2.40. The average molecular weight is 396 g/mol. The number of hydrogen-bond acceptors (Lipinski definition) is 5. The Morgan fingerprint density at radius 2 is 1.79 bits per heavy atom. The normalized spacial score (nSPS) is 18.0. The van der Waals surface area contributed by atoms with E-state index < -0.39 is 0 Å². The topological polar surface area (TPSA) is 59.1 Å². The van der Waals surface area contributed by atoms with E-state index in [9.17, 15) is 9.59 Å². The number of carbonyl (C=O) groups excluding carboxylic acids is 2. The second kappa shape index (κ2) is 6.91. The molecule has 2 heterocycles. The van der Waals surface area contributed by atoms with Gasteiger partial charge in [0.2, 0.25) is 0 Å². The summed E-state index contributed by atoms with van der Waals surface area (Å²) in [4.78, 5) is 28.4. The molecule has 2 aromatic rings. The SMILES string of the molecule is COc1cc2c(cc1OC)CN1C(=S)N(c3cccc(C(C)=O)c3)C(=O)[C@H]1C2. The molecule has 1 saturated heterocycles. The second-order valence-electron chi connectivity index (χ2n) is 6.89. The molecule has 0 spiro atoms. The van der Waals surface area contributed by atoms with Gasteiger partial charge in [-0.1, -0.05) is 12.1 Å². The third kappa shape index (κ3) is 2.82. The van der Waals surface area contributed by atoms with Crippen molar-refractivity contribution in [3.63, 3.8) is 0 Å². The number of fused-ring (bicyclic) bond motifs is 2. The Morgan fingerprint density at radius 1 is 1.11 bits per heavy atom. The Bertz CT molecular complexity index is 953. The fraction of sp³-hybridized carbons (Fsp3) is 0.286. The van der Waals surface area contributed by atoms with E-state index in [1.54, 1.807) is 38.5 Å². The van der Waals surface area contributed by atoms with Gasteiger partial charge >= 0.3 is 0 Å². The third-order valence-corrected chi connectivity index (χ3v) is 5.71. The molecule has 0 unspecified atom stereocenters. The molecule has 0 saturated carbocycles. The summed E-state index contributed by atoms with van der Waals surface area (Å²) < 4.78 is 10.8. The molecule has 144 valence electrons. The first kappa shape index (κ1) is 18.4. The Morgan fingerprint density at radius 3 is 2.43 bits per heavy atom. The van der Waals surface area contributed by atoms with Crippen LogP contribution in [0.15, 0.2) is 36.4 Å². The number of thiocarbonyl (C=S) groups is 1. The predicted molar refractivity (Wildman–Crippen MR) is 109 cm³/mol. The van der Waals surface area contributed by atoms with Gasteiger partial charge in [0.25, 0.3) is 5.91 Å². The Kier molecular flexibility index (Phi) is 4.55. The van der Waals surface area contributed by atoms with Crippen molar-refractivity contribution < 1.29 is 19.1 Å². The summed E-state index contributed by atoms with van der Waals surface area (Å²) in [5.74, 6) is 1.17. The van der Waals surface area contributed by atoms with Crippen LogP contribution in [-0.4, -0.2) is 42.0 Å². The Labute approximate surface area is 168 Å². The number of amides is 1. The predicted octanol–water partition coefficient (Wildman–Crippen LogP) is 2.96. The van der Waals surface area contributed by atoms with Crippen LogP contribution in [0.2, 0.25) is 0 Å². The molecule has 6 nitrogen and oxygen atoms in total.